The molecule has 2 aromatic carbocycles. The molecule has 1 fully saturated rings. The van der Waals surface area contributed by atoms with Gasteiger partial charge in [0, 0.05) is 0 Å². The normalized spacial score (nSPS) is 15.8. The van der Waals surface area contributed by atoms with Crippen molar-refractivity contribution in [3.63, 3.8) is 0 Å². The molecule has 1 N–H and O–H groups in total. The Kier molecular flexibility index (Phi) is 6.11. The van der Waals surface area contributed by atoms with Crippen LogP contribution >= 0.6 is 23.8 Å². The van der Waals surface area contributed by atoms with Gasteiger partial charge in [-0.15, -0.1) is 0 Å². The van der Waals surface area contributed by atoms with E-state index in [4.69, 9.17) is 28.6 Å². The molecule has 1 heterocycles. The highest BCUT2D eigenvalue weighted by Crippen LogP contribution is 2.28. The van der Waals surface area contributed by atoms with Gasteiger partial charge >= 0.3 is 0 Å². The van der Waals surface area contributed by atoms with Gasteiger partial charge in [0.1, 0.15) is 11.3 Å². The summed E-state index contributed by atoms with van der Waals surface area (Å²) in [4.78, 5) is 26.7. The Morgan fingerprint density at radius 1 is 1.14 bits per heavy atom. The van der Waals surface area contributed by atoms with Crippen LogP contribution in [0.15, 0.2) is 48.0 Å². The predicted octanol–water partition coefficient (Wildman–Crippen LogP) is 4.13. The molecule has 0 unspecified atom stereocenters. The van der Waals surface area contributed by atoms with Crippen LogP contribution in [0, 0.1) is 0 Å². The zero-order valence-corrected chi connectivity index (χ0v) is 17.1. The second-order valence-electron chi connectivity index (χ2n) is 6.10. The lowest BCUT2D eigenvalue weighted by atomic mass is 10.1. The van der Waals surface area contributed by atoms with Gasteiger partial charge in [-0.3, -0.25) is 19.8 Å². The van der Waals surface area contributed by atoms with E-state index in [2.05, 4.69) is 12.2 Å². The molecule has 2 amide bonds. The topological polar surface area (TPSA) is 58.6 Å². The van der Waals surface area contributed by atoms with E-state index in [1.807, 2.05) is 31.2 Å². The van der Waals surface area contributed by atoms with Crippen LogP contribution in [-0.2, 0) is 16.0 Å². The Morgan fingerprint density at radius 2 is 1.86 bits per heavy atom. The van der Waals surface area contributed by atoms with E-state index in [0.29, 0.717) is 28.6 Å². The molecule has 0 atom stereocenters. The molecule has 0 aromatic heterocycles. The van der Waals surface area contributed by atoms with Gasteiger partial charge in [0.05, 0.1) is 17.3 Å². The number of benzene rings is 2. The number of hydrogen-bond donors (Lipinski definition) is 1. The maximum absolute atomic E-state index is 13.0. The van der Waals surface area contributed by atoms with Crippen molar-refractivity contribution in [3.8, 4) is 5.75 Å². The number of hydrogen-bond acceptors (Lipinski definition) is 4. The quantitative estimate of drug-likeness (QED) is 0.454. The average Bonchev–Trinajstić information content (AvgIpc) is 2.67. The lowest BCUT2D eigenvalue weighted by Crippen LogP contribution is -2.54. The Balaban J connectivity index is 1.95. The van der Waals surface area contributed by atoms with Crippen molar-refractivity contribution in [1.82, 2.24) is 5.32 Å². The summed E-state index contributed by atoms with van der Waals surface area (Å²) in [5.74, 6) is -0.478. The summed E-state index contributed by atoms with van der Waals surface area (Å²) in [6.45, 7) is 4.40. The SMILES string of the molecule is CCOc1ccc(/C=C2\C(=O)NC(=S)N(c3ccc(CC)cc3)C2=O)cc1Cl. The van der Waals surface area contributed by atoms with Gasteiger partial charge in [0.25, 0.3) is 11.8 Å². The number of carbonyl (C=O) groups is 2. The summed E-state index contributed by atoms with van der Waals surface area (Å²) >= 11 is 11.4. The van der Waals surface area contributed by atoms with Crippen LogP contribution in [0.25, 0.3) is 6.08 Å². The molecule has 0 aliphatic carbocycles. The van der Waals surface area contributed by atoms with Crippen molar-refractivity contribution in [2.24, 2.45) is 0 Å². The number of carbonyl (C=O) groups excluding carboxylic acids is 2. The monoisotopic (exact) mass is 414 g/mol. The number of aryl methyl sites for hydroxylation is 1. The molecule has 28 heavy (non-hydrogen) atoms. The molecule has 1 aliphatic rings. The fraction of sp³-hybridized carbons (Fsp3) is 0.190. The van der Waals surface area contributed by atoms with E-state index >= 15 is 0 Å². The summed E-state index contributed by atoms with van der Waals surface area (Å²) < 4.78 is 5.41. The van der Waals surface area contributed by atoms with Crippen LogP contribution in [0.3, 0.4) is 0 Å². The molecule has 3 rings (SSSR count). The lowest BCUT2D eigenvalue weighted by molar-refractivity contribution is -0.122. The molecule has 7 heteroatoms. The van der Waals surface area contributed by atoms with Crippen LogP contribution in [0.4, 0.5) is 5.69 Å². The second kappa shape index (κ2) is 8.54. The highest BCUT2D eigenvalue weighted by Gasteiger charge is 2.34. The van der Waals surface area contributed by atoms with Gasteiger partial charge in [-0.25, -0.2) is 0 Å². The summed E-state index contributed by atoms with van der Waals surface area (Å²) in [6.07, 6.45) is 2.38. The zero-order valence-electron chi connectivity index (χ0n) is 15.5. The summed E-state index contributed by atoms with van der Waals surface area (Å²) in [5, 5.41) is 3.04. The number of halogens is 1. The molecule has 144 valence electrons. The summed E-state index contributed by atoms with van der Waals surface area (Å²) in [5.41, 5.74) is 2.33. The number of nitrogens with one attached hydrogen (secondary N) is 1. The Morgan fingerprint density at radius 3 is 2.46 bits per heavy atom. The van der Waals surface area contributed by atoms with Gasteiger partial charge in [-0.05, 0) is 67.0 Å². The first-order valence-electron chi connectivity index (χ1n) is 8.87. The maximum atomic E-state index is 13.0. The van der Waals surface area contributed by atoms with Gasteiger partial charge in [0.15, 0.2) is 5.11 Å². The predicted molar refractivity (Wildman–Crippen MR) is 115 cm³/mol. The van der Waals surface area contributed by atoms with Crippen molar-refractivity contribution in [2.75, 3.05) is 11.5 Å². The fourth-order valence-electron chi connectivity index (χ4n) is 2.82. The third kappa shape index (κ3) is 4.08. The molecule has 5 nitrogen and oxygen atoms in total. The van der Waals surface area contributed by atoms with Crippen molar-refractivity contribution >= 4 is 52.5 Å². The standard InChI is InChI=1S/C21H19ClN2O3S/c1-3-13-5-8-15(9-6-13)24-20(26)16(19(25)23-21(24)28)11-14-7-10-18(27-4-2)17(22)12-14/h5-12H,3-4H2,1-2H3,(H,23,25,28)/b16-11+. The van der Waals surface area contributed by atoms with Gasteiger partial charge in [-0.1, -0.05) is 36.7 Å². The molecular formula is C21H19ClN2O3S. The molecule has 2 aromatic rings. The number of anilines is 1. The van der Waals surface area contributed by atoms with Crippen molar-refractivity contribution in [2.45, 2.75) is 20.3 Å². The van der Waals surface area contributed by atoms with Crippen molar-refractivity contribution in [1.29, 1.82) is 0 Å². The lowest BCUT2D eigenvalue weighted by Gasteiger charge is -2.29. The van der Waals surface area contributed by atoms with E-state index in [1.54, 1.807) is 18.2 Å². The van der Waals surface area contributed by atoms with Crippen LogP contribution in [-0.4, -0.2) is 23.5 Å². The third-order valence-electron chi connectivity index (χ3n) is 4.27. The number of nitrogens with zero attached hydrogens (tertiary/aromatic N) is 1. The Hall–Kier alpha value is -2.70. The van der Waals surface area contributed by atoms with Gasteiger partial charge in [-0.2, -0.15) is 0 Å². The van der Waals surface area contributed by atoms with Crippen LogP contribution in [0.1, 0.15) is 25.0 Å². The van der Waals surface area contributed by atoms with E-state index in [0.717, 1.165) is 12.0 Å². The highest BCUT2D eigenvalue weighted by molar-refractivity contribution is 7.80. The third-order valence-corrected chi connectivity index (χ3v) is 4.85. The molecular weight excluding hydrogens is 396 g/mol. The summed E-state index contributed by atoms with van der Waals surface area (Å²) in [7, 11) is 0. The number of ether oxygens (including phenoxy) is 1. The maximum Gasteiger partial charge on any atom is 0.270 e. The minimum atomic E-state index is -0.540. The van der Waals surface area contributed by atoms with Crippen molar-refractivity contribution in [3.05, 3.63) is 64.2 Å². The largest absolute Gasteiger partial charge is 0.492 e. The smallest absolute Gasteiger partial charge is 0.270 e. The van der Waals surface area contributed by atoms with Crippen molar-refractivity contribution < 1.29 is 14.3 Å². The molecule has 0 bridgehead atoms. The molecule has 1 aliphatic heterocycles. The minimum Gasteiger partial charge on any atom is -0.492 e. The summed E-state index contributed by atoms with van der Waals surface area (Å²) in [6, 6.07) is 12.6. The van der Waals surface area contributed by atoms with Gasteiger partial charge < -0.3 is 4.74 Å². The van der Waals surface area contributed by atoms with Crippen LogP contribution in [0.5, 0.6) is 5.75 Å². The first-order valence-corrected chi connectivity index (χ1v) is 9.66. The molecule has 1 saturated heterocycles. The second-order valence-corrected chi connectivity index (χ2v) is 6.89. The first kappa shape index (κ1) is 20.0. The van der Waals surface area contributed by atoms with E-state index < -0.39 is 11.8 Å². The average molecular weight is 415 g/mol. The number of amides is 2. The Labute approximate surface area is 173 Å². The fourth-order valence-corrected chi connectivity index (χ4v) is 3.34. The van der Waals surface area contributed by atoms with Crippen LogP contribution in [0.2, 0.25) is 5.02 Å². The molecule has 0 spiro atoms. The van der Waals surface area contributed by atoms with E-state index in [1.165, 1.54) is 11.0 Å². The van der Waals surface area contributed by atoms with E-state index in [-0.39, 0.29) is 10.7 Å². The molecule has 0 radical (unpaired) electrons. The zero-order chi connectivity index (χ0) is 20.3. The van der Waals surface area contributed by atoms with Gasteiger partial charge in [0.2, 0.25) is 0 Å². The Bertz CT molecular complexity index is 970. The number of thiocarbonyl (C=S) groups is 1. The highest BCUT2D eigenvalue weighted by atomic mass is 35.5. The van der Waals surface area contributed by atoms with Crippen LogP contribution < -0.4 is 15.0 Å². The molecule has 0 saturated carbocycles. The first-order chi connectivity index (χ1) is 13.4. The van der Waals surface area contributed by atoms with E-state index in [9.17, 15) is 9.59 Å². The minimum absolute atomic E-state index is 0.0200. The number of rotatable bonds is 5.